The fraction of sp³-hybridized carbons (Fsp3) is 1.00. The Hall–Kier alpha value is -0.320. The highest BCUT2D eigenvalue weighted by Crippen LogP contribution is 2.21. The van der Waals surface area contributed by atoms with Crippen molar-refractivity contribution in [1.82, 2.24) is 0 Å². The average Bonchev–Trinajstić information content (AvgIpc) is 2.34. The third-order valence-electron chi connectivity index (χ3n) is 2.51. The van der Waals surface area contributed by atoms with Crippen LogP contribution in [0, 0.1) is 0 Å². The molecule has 1 heterocycles. The van der Waals surface area contributed by atoms with Crippen molar-refractivity contribution in [3.8, 4) is 0 Å². The number of aliphatic hydroxyl groups excluding tert-OH is 6. The molecule has 1 aliphatic rings. The fourth-order valence-corrected chi connectivity index (χ4v) is 1.46. The van der Waals surface area contributed by atoms with Crippen LogP contribution in [-0.4, -0.2) is 87.3 Å². The smallest absolute Gasteiger partial charge is 0.186 e. The Morgan fingerprint density at radius 2 is 1.71 bits per heavy atom. The highest BCUT2D eigenvalue weighted by Gasteiger charge is 2.44. The van der Waals surface area contributed by atoms with E-state index < -0.39 is 50.0 Å². The lowest BCUT2D eigenvalue weighted by Gasteiger charge is -2.39. The van der Waals surface area contributed by atoms with E-state index in [1.54, 1.807) is 0 Å². The Morgan fingerprint density at radius 1 is 1.06 bits per heavy atom. The molecule has 0 spiro atoms. The van der Waals surface area contributed by atoms with Crippen LogP contribution >= 0.6 is 0 Å². The van der Waals surface area contributed by atoms with E-state index >= 15 is 0 Å². The third kappa shape index (κ3) is 3.57. The molecule has 102 valence electrons. The molecule has 0 aromatic heterocycles. The van der Waals surface area contributed by atoms with Gasteiger partial charge in [-0.15, -0.1) is 0 Å². The van der Waals surface area contributed by atoms with Crippen molar-refractivity contribution in [1.29, 1.82) is 0 Å². The summed E-state index contributed by atoms with van der Waals surface area (Å²) in [4.78, 5) is 0. The van der Waals surface area contributed by atoms with Gasteiger partial charge in [0, 0.05) is 0 Å². The van der Waals surface area contributed by atoms with E-state index in [9.17, 15) is 15.3 Å². The van der Waals surface area contributed by atoms with Crippen LogP contribution in [0.5, 0.6) is 0 Å². The monoisotopic (exact) mass is 254 g/mol. The summed E-state index contributed by atoms with van der Waals surface area (Å²) in [5.74, 6) is 0. The van der Waals surface area contributed by atoms with Gasteiger partial charge < -0.3 is 40.1 Å². The summed E-state index contributed by atoms with van der Waals surface area (Å²) < 4.78 is 9.93. The van der Waals surface area contributed by atoms with Gasteiger partial charge in [0.25, 0.3) is 0 Å². The standard InChI is InChI=1S/C9H18O8/c10-1-4(12)3-16-9-8(15)7(14)6(13)5(2-11)17-9/h4-15H,1-3H2/t4?,5?,6?,7-,8?,9?/m1/s1. The van der Waals surface area contributed by atoms with E-state index in [-0.39, 0.29) is 6.61 Å². The molecular weight excluding hydrogens is 236 g/mol. The van der Waals surface area contributed by atoms with Gasteiger partial charge >= 0.3 is 0 Å². The van der Waals surface area contributed by atoms with Gasteiger partial charge in [0.1, 0.15) is 30.5 Å². The number of ether oxygens (including phenoxy) is 2. The molecule has 0 amide bonds. The highest BCUT2D eigenvalue weighted by atomic mass is 16.7. The molecule has 8 nitrogen and oxygen atoms in total. The SMILES string of the molecule is OCC(O)COC1OC(CO)C(O)[C@@H](O)C1O. The zero-order valence-electron chi connectivity index (χ0n) is 9.09. The van der Waals surface area contributed by atoms with Crippen molar-refractivity contribution in [2.75, 3.05) is 19.8 Å². The lowest BCUT2D eigenvalue weighted by molar-refractivity contribution is -0.304. The normalized spacial score (nSPS) is 40.2. The van der Waals surface area contributed by atoms with Crippen LogP contribution in [0.3, 0.4) is 0 Å². The van der Waals surface area contributed by atoms with Gasteiger partial charge in [-0.3, -0.25) is 0 Å². The van der Waals surface area contributed by atoms with Gasteiger partial charge in [0.2, 0.25) is 0 Å². The van der Waals surface area contributed by atoms with Gasteiger partial charge in [0.15, 0.2) is 6.29 Å². The van der Waals surface area contributed by atoms with Gasteiger partial charge in [0.05, 0.1) is 19.8 Å². The second kappa shape index (κ2) is 6.57. The summed E-state index contributed by atoms with van der Waals surface area (Å²) in [6.45, 7) is -1.37. The first-order valence-electron chi connectivity index (χ1n) is 5.22. The molecule has 8 heteroatoms. The van der Waals surface area contributed by atoms with Gasteiger partial charge in [-0.2, -0.15) is 0 Å². The van der Waals surface area contributed by atoms with Crippen LogP contribution in [0.2, 0.25) is 0 Å². The van der Waals surface area contributed by atoms with Crippen LogP contribution in [0.15, 0.2) is 0 Å². The molecule has 1 rings (SSSR count). The van der Waals surface area contributed by atoms with Gasteiger partial charge in [-0.25, -0.2) is 0 Å². The zero-order chi connectivity index (χ0) is 13.0. The molecule has 0 bridgehead atoms. The van der Waals surface area contributed by atoms with Crippen LogP contribution < -0.4 is 0 Å². The van der Waals surface area contributed by atoms with Gasteiger partial charge in [-0.05, 0) is 0 Å². The van der Waals surface area contributed by atoms with Crippen molar-refractivity contribution >= 4 is 0 Å². The number of aliphatic hydroxyl groups is 6. The summed E-state index contributed by atoms with van der Waals surface area (Å²) in [5.41, 5.74) is 0. The Labute approximate surface area is 97.6 Å². The zero-order valence-corrected chi connectivity index (χ0v) is 9.09. The largest absolute Gasteiger partial charge is 0.394 e. The van der Waals surface area contributed by atoms with E-state index in [0.717, 1.165) is 0 Å². The topological polar surface area (TPSA) is 140 Å². The molecule has 0 saturated carbocycles. The Morgan fingerprint density at radius 3 is 2.24 bits per heavy atom. The molecular formula is C9H18O8. The quantitative estimate of drug-likeness (QED) is 0.293. The molecule has 6 N–H and O–H groups in total. The lowest BCUT2D eigenvalue weighted by Crippen LogP contribution is -2.59. The fourth-order valence-electron chi connectivity index (χ4n) is 1.46. The average molecular weight is 254 g/mol. The summed E-state index contributed by atoms with van der Waals surface area (Å²) in [6.07, 6.45) is -7.94. The number of hydrogen-bond donors (Lipinski definition) is 6. The number of rotatable bonds is 5. The number of hydrogen-bond acceptors (Lipinski definition) is 8. The van der Waals surface area contributed by atoms with E-state index in [1.165, 1.54) is 0 Å². The minimum atomic E-state index is -1.52. The Bertz CT molecular complexity index is 223. The van der Waals surface area contributed by atoms with Crippen molar-refractivity contribution in [3.05, 3.63) is 0 Å². The van der Waals surface area contributed by atoms with Crippen molar-refractivity contribution < 1.29 is 40.1 Å². The van der Waals surface area contributed by atoms with E-state index in [0.29, 0.717) is 0 Å². The first-order chi connectivity index (χ1) is 8.01. The molecule has 17 heavy (non-hydrogen) atoms. The molecule has 1 fully saturated rings. The molecule has 0 aromatic rings. The maximum Gasteiger partial charge on any atom is 0.186 e. The molecule has 1 aliphatic heterocycles. The van der Waals surface area contributed by atoms with Crippen molar-refractivity contribution in [3.63, 3.8) is 0 Å². The van der Waals surface area contributed by atoms with Crippen LogP contribution in [0.25, 0.3) is 0 Å². The first kappa shape index (κ1) is 14.7. The Balaban J connectivity index is 2.53. The summed E-state index contributed by atoms with van der Waals surface area (Å²) in [5, 5.41) is 54.9. The maximum atomic E-state index is 9.52. The van der Waals surface area contributed by atoms with Crippen molar-refractivity contribution in [2.24, 2.45) is 0 Å². The van der Waals surface area contributed by atoms with Gasteiger partial charge in [-0.1, -0.05) is 0 Å². The molecule has 5 unspecified atom stereocenters. The van der Waals surface area contributed by atoms with Crippen LogP contribution in [0.1, 0.15) is 0 Å². The summed E-state index contributed by atoms with van der Waals surface area (Å²) in [7, 11) is 0. The van der Waals surface area contributed by atoms with Crippen molar-refractivity contribution in [2.45, 2.75) is 36.8 Å². The highest BCUT2D eigenvalue weighted by molar-refractivity contribution is 4.88. The molecule has 0 radical (unpaired) electrons. The van der Waals surface area contributed by atoms with E-state index in [1.807, 2.05) is 0 Å². The maximum absolute atomic E-state index is 9.52. The predicted octanol–water partition coefficient (Wildman–Crippen LogP) is -3.84. The van der Waals surface area contributed by atoms with E-state index in [4.69, 9.17) is 24.8 Å². The Kier molecular flexibility index (Phi) is 5.70. The molecule has 1 saturated heterocycles. The van der Waals surface area contributed by atoms with Crippen LogP contribution in [-0.2, 0) is 9.47 Å². The predicted molar refractivity (Wildman–Crippen MR) is 52.8 cm³/mol. The summed E-state index contributed by atoms with van der Waals surface area (Å²) in [6, 6.07) is 0. The molecule has 0 aromatic carbocycles. The summed E-state index contributed by atoms with van der Waals surface area (Å²) >= 11 is 0. The first-order valence-corrected chi connectivity index (χ1v) is 5.22. The van der Waals surface area contributed by atoms with E-state index in [2.05, 4.69) is 0 Å². The molecule has 0 aliphatic carbocycles. The van der Waals surface area contributed by atoms with Crippen LogP contribution in [0.4, 0.5) is 0 Å². The second-order valence-corrected chi connectivity index (χ2v) is 3.87. The second-order valence-electron chi connectivity index (χ2n) is 3.87. The lowest BCUT2D eigenvalue weighted by atomic mass is 9.99. The molecule has 6 atom stereocenters. The minimum absolute atomic E-state index is 0.306. The third-order valence-corrected chi connectivity index (χ3v) is 2.51. The minimum Gasteiger partial charge on any atom is -0.394 e.